The zero-order valence-electron chi connectivity index (χ0n) is 22.8. The van der Waals surface area contributed by atoms with Crippen molar-refractivity contribution in [2.75, 3.05) is 0 Å². The fourth-order valence-electron chi connectivity index (χ4n) is 4.57. The van der Waals surface area contributed by atoms with Gasteiger partial charge in [0.2, 0.25) is 0 Å². The van der Waals surface area contributed by atoms with E-state index in [1.54, 1.807) is 0 Å². The molecule has 3 nitrogen and oxygen atoms in total. The van der Waals surface area contributed by atoms with Gasteiger partial charge in [-0.25, -0.2) is 0 Å². The van der Waals surface area contributed by atoms with Gasteiger partial charge in [0.1, 0.15) is 11.5 Å². The molecule has 6 aromatic carbocycles. The van der Waals surface area contributed by atoms with Gasteiger partial charge < -0.3 is 9.05 Å². The number of carbonyl (C=O) groups excluding carboxylic acids is 1. The van der Waals surface area contributed by atoms with Crippen LogP contribution < -0.4 is 30.3 Å². The van der Waals surface area contributed by atoms with Gasteiger partial charge in [-0.1, -0.05) is 146 Å². The van der Waals surface area contributed by atoms with E-state index in [0.717, 1.165) is 21.2 Å². The van der Waals surface area contributed by atoms with Crippen molar-refractivity contribution in [2.24, 2.45) is 0 Å². The van der Waals surface area contributed by atoms with Crippen molar-refractivity contribution in [3.63, 3.8) is 0 Å². The maximum atomic E-state index is 14.3. The maximum Gasteiger partial charge on any atom is 0.200 e. The van der Waals surface area contributed by atoms with E-state index < -0.39 is 16.3 Å². The van der Waals surface area contributed by atoms with Crippen LogP contribution in [-0.4, -0.2) is 5.78 Å². The summed E-state index contributed by atoms with van der Waals surface area (Å²) in [5.74, 6) is 0.947. The lowest BCUT2D eigenvalue weighted by molar-refractivity contribution is 0.103. The first-order valence-electron chi connectivity index (χ1n) is 13.7. The SMILES string of the molecule is O=C(c1ccccc1OP(c1ccccc1)c1ccccc1)c1ccccc1OP(c1ccccc1)c1ccccc1. The van der Waals surface area contributed by atoms with Gasteiger partial charge in [-0.2, -0.15) is 0 Å². The van der Waals surface area contributed by atoms with Gasteiger partial charge in [0.15, 0.2) is 22.1 Å². The smallest absolute Gasteiger partial charge is 0.200 e. The zero-order chi connectivity index (χ0) is 28.6. The number of carbonyl (C=O) groups is 1. The fraction of sp³-hybridized carbons (Fsp3) is 0. The van der Waals surface area contributed by atoms with E-state index in [0.29, 0.717) is 22.6 Å². The van der Waals surface area contributed by atoms with E-state index in [9.17, 15) is 4.79 Å². The third-order valence-corrected chi connectivity index (χ3v) is 10.4. The van der Waals surface area contributed by atoms with Gasteiger partial charge in [0.25, 0.3) is 0 Å². The Morgan fingerprint density at radius 3 is 0.929 bits per heavy atom. The van der Waals surface area contributed by atoms with Crippen LogP contribution in [0.25, 0.3) is 0 Å². The lowest BCUT2D eigenvalue weighted by Crippen LogP contribution is -2.17. The normalized spacial score (nSPS) is 10.9. The Labute approximate surface area is 249 Å². The van der Waals surface area contributed by atoms with Crippen molar-refractivity contribution in [1.29, 1.82) is 0 Å². The predicted octanol–water partition coefficient (Wildman–Crippen LogP) is 7.77. The Hall–Kier alpha value is -4.55. The molecule has 0 aromatic heterocycles. The van der Waals surface area contributed by atoms with Gasteiger partial charge >= 0.3 is 0 Å². The van der Waals surface area contributed by atoms with Gasteiger partial charge in [-0.05, 0) is 24.3 Å². The number of ketones is 1. The number of hydrogen-bond acceptors (Lipinski definition) is 3. The molecule has 0 radical (unpaired) electrons. The minimum Gasteiger partial charge on any atom is -0.464 e. The first kappa shape index (κ1) is 27.6. The Balaban J connectivity index is 1.36. The molecule has 42 heavy (non-hydrogen) atoms. The third-order valence-electron chi connectivity index (χ3n) is 6.61. The van der Waals surface area contributed by atoms with E-state index in [1.165, 1.54) is 0 Å². The van der Waals surface area contributed by atoms with Gasteiger partial charge in [0.05, 0.1) is 11.1 Å². The van der Waals surface area contributed by atoms with Crippen LogP contribution in [0.3, 0.4) is 0 Å². The van der Waals surface area contributed by atoms with Crippen LogP contribution in [0, 0.1) is 0 Å². The molecule has 0 unspecified atom stereocenters. The molecule has 6 aromatic rings. The second kappa shape index (κ2) is 13.4. The number of hydrogen-bond donors (Lipinski definition) is 0. The highest BCUT2D eigenvalue weighted by atomic mass is 31.1. The summed E-state index contributed by atoms with van der Waals surface area (Å²) in [7, 11) is -2.40. The summed E-state index contributed by atoms with van der Waals surface area (Å²) in [6, 6.07) is 55.6. The van der Waals surface area contributed by atoms with Gasteiger partial charge in [0, 0.05) is 21.2 Å². The fourth-order valence-corrected chi connectivity index (χ4v) is 8.07. The van der Waals surface area contributed by atoms with E-state index in [2.05, 4.69) is 48.5 Å². The standard InChI is InChI=1S/C37H28O3P2/c38-37(33-25-13-15-27-35(33)39-41(29-17-5-1-6-18-29)30-19-7-2-8-20-30)34-26-14-16-28-36(34)40-42(31-21-9-3-10-22-31)32-23-11-4-12-24-32/h1-28H. The molecular weight excluding hydrogens is 554 g/mol. The van der Waals surface area contributed by atoms with Crippen molar-refractivity contribution < 1.29 is 13.8 Å². The lowest BCUT2D eigenvalue weighted by atomic mass is 10.0. The molecular formula is C37H28O3P2. The average molecular weight is 583 g/mol. The minimum atomic E-state index is -1.20. The minimum absolute atomic E-state index is 0.145. The second-order valence-electron chi connectivity index (χ2n) is 9.43. The quantitative estimate of drug-likeness (QED) is 0.122. The molecule has 0 saturated heterocycles. The molecule has 6 rings (SSSR count). The van der Waals surface area contributed by atoms with E-state index in [4.69, 9.17) is 9.05 Å². The molecule has 0 saturated carbocycles. The van der Waals surface area contributed by atoms with Gasteiger partial charge in [-0.15, -0.1) is 0 Å². The first-order chi connectivity index (χ1) is 20.8. The summed E-state index contributed by atoms with van der Waals surface area (Å²) in [5, 5.41) is 4.28. The zero-order valence-corrected chi connectivity index (χ0v) is 24.6. The highest BCUT2D eigenvalue weighted by molar-refractivity contribution is 7.69. The summed E-state index contributed by atoms with van der Waals surface area (Å²) >= 11 is 0. The predicted molar refractivity (Wildman–Crippen MR) is 176 cm³/mol. The van der Waals surface area contributed by atoms with Crippen LogP contribution in [0.2, 0.25) is 0 Å². The van der Waals surface area contributed by atoms with E-state index in [-0.39, 0.29) is 5.78 Å². The molecule has 0 amide bonds. The molecule has 0 spiro atoms. The van der Waals surface area contributed by atoms with Crippen molar-refractivity contribution in [2.45, 2.75) is 0 Å². The molecule has 0 N–H and O–H groups in total. The molecule has 0 atom stereocenters. The Bertz CT molecular complexity index is 1530. The lowest BCUT2D eigenvalue weighted by Gasteiger charge is -2.22. The Morgan fingerprint density at radius 1 is 0.357 bits per heavy atom. The number of para-hydroxylation sites is 2. The summed E-state index contributed by atoms with van der Waals surface area (Å²) in [4.78, 5) is 14.3. The molecule has 0 bridgehead atoms. The van der Waals surface area contributed by atoms with Crippen LogP contribution in [0.15, 0.2) is 170 Å². The molecule has 0 aliphatic rings. The van der Waals surface area contributed by atoms with Gasteiger partial charge in [-0.3, -0.25) is 4.79 Å². The third kappa shape index (κ3) is 6.34. The summed E-state index contributed by atoms with van der Waals surface area (Å²) in [6.07, 6.45) is 0. The highest BCUT2D eigenvalue weighted by Gasteiger charge is 2.25. The van der Waals surface area contributed by atoms with Crippen molar-refractivity contribution in [3.8, 4) is 11.5 Å². The Morgan fingerprint density at radius 2 is 0.619 bits per heavy atom. The number of benzene rings is 6. The van der Waals surface area contributed by atoms with Crippen LogP contribution in [0.5, 0.6) is 11.5 Å². The van der Waals surface area contributed by atoms with Crippen molar-refractivity contribution in [1.82, 2.24) is 0 Å². The average Bonchev–Trinajstić information content (AvgIpc) is 3.08. The molecule has 0 aliphatic carbocycles. The number of rotatable bonds is 10. The first-order valence-corrected chi connectivity index (χ1v) is 16.2. The summed E-state index contributed by atoms with van der Waals surface area (Å²) in [5.41, 5.74) is 0.994. The monoisotopic (exact) mass is 582 g/mol. The molecule has 0 fully saturated rings. The molecule has 204 valence electrons. The molecule has 0 aliphatic heterocycles. The Kier molecular flexibility index (Phi) is 8.81. The topological polar surface area (TPSA) is 35.5 Å². The van der Waals surface area contributed by atoms with E-state index in [1.807, 2.05) is 121 Å². The van der Waals surface area contributed by atoms with Crippen LogP contribution >= 0.6 is 16.3 Å². The van der Waals surface area contributed by atoms with Crippen molar-refractivity contribution >= 4 is 43.3 Å². The largest absolute Gasteiger partial charge is 0.464 e. The molecule has 0 heterocycles. The van der Waals surface area contributed by atoms with Crippen LogP contribution in [-0.2, 0) is 0 Å². The van der Waals surface area contributed by atoms with Crippen molar-refractivity contribution in [3.05, 3.63) is 181 Å². The van der Waals surface area contributed by atoms with Crippen LogP contribution in [0.4, 0.5) is 0 Å². The summed E-state index contributed by atoms with van der Waals surface area (Å²) in [6.45, 7) is 0. The molecule has 5 heteroatoms. The second-order valence-corrected chi connectivity index (χ2v) is 13.0. The maximum absolute atomic E-state index is 14.3. The summed E-state index contributed by atoms with van der Waals surface area (Å²) < 4.78 is 13.5. The highest BCUT2D eigenvalue weighted by Crippen LogP contribution is 2.41. The van der Waals surface area contributed by atoms with E-state index >= 15 is 0 Å². The van der Waals surface area contributed by atoms with Crippen LogP contribution in [0.1, 0.15) is 15.9 Å².